The number of rotatable bonds is 6. The molecule has 0 fully saturated rings. The van der Waals surface area contributed by atoms with E-state index in [0.717, 1.165) is 6.42 Å². The minimum absolute atomic E-state index is 0.221. The lowest BCUT2D eigenvalue weighted by atomic mass is 10.5. The molecule has 0 aliphatic carbocycles. The lowest BCUT2D eigenvalue weighted by Crippen LogP contribution is -2.54. The molecule has 1 atom stereocenters. The summed E-state index contributed by atoms with van der Waals surface area (Å²) in [5.74, 6) is 0. The van der Waals surface area contributed by atoms with Gasteiger partial charge in [0, 0.05) is 21.3 Å². The van der Waals surface area contributed by atoms with Crippen LogP contribution in [0.25, 0.3) is 0 Å². The highest BCUT2D eigenvalue weighted by molar-refractivity contribution is 7.75. The standard InChI is InChI=1S/C6H16O4SSi/c1-5-6(10-11)12(7-2,8-3)9-4/h6,11H,5H2,1-4H3. The van der Waals surface area contributed by atoms with Crippen molar-refractivity contribution in [2.45, 2.75) is 19.1 Å². The summed E-state index contributed by atoms with van der Waals surface area (Å²) in [5.41, 5.74) is -0.221. The summed E-state index contributed by atoms with van der Waals surface area (Å²) in [4.78, 5) is 0. The molecule has 6 heteroatoms. The molecular formula is C6H16O4SSi. The minimum Gasteiger partial charge on any atom is -0.375 e. The van der Waals surface area contributed by atoms with Crippen molar-refractivity contribution < 1.29 is 17.5 Å². The maximum absolute atomic E-state index is 5.20. The van der Waals surface area contributed by atoms with E-state index in [2.05, 4.69) is 12.9 Å². The first-order valence-electron chi connectivity index (χ1n) is 3.66. The van der Waals surface area contributed by atoms with Crippen molar-refractivity contribution >= 4 is 21.7 Å². The second kappa shape index (κ2) is 5.95. The van der Waals surface area contributed by atoms with Crippen molar-refractivity contribution in [1.29, 1.82) is 0 Å². The van der Waals surface area contributed by atoms with Crippen LogP contribution < -0.4 is 0 Å². The van der Waals surface area contributed by atoms with Gasteiger partial charge < -0.3 is 17.5 Å². The number of thiol groups is 1. The number of hydrogen-bond acceptors (Lipinski definition) is 5. The van der Waals surface area contributed by atoms with Crippen LogP contribution in [0.3, 0.4) is 0 Å². The molecular weight excluding hydrogens is 196 g/mol. The van der Waals surface area contributed by atoms with Gasteiger partial charge in [0.05, 0.1) is 0 Å². The molecule has 74 valence electrons. The van der Waals surface area contributed by atoms with Crippen LogP contribution in [0.1, 0.15) is 13.3 Å². The van der Waals surface area contributed by atoms with E-state index in [0.29, 0.717) is 0 Å². The Morgan fingerprint density at radius 2 is 1.58 bits per heavy atom. The average Bonchev–Trinajstić information content (AvgIpc) is 2.14. The van der Waals surface area contributed by atoms with Gasteiger partial charge in [0.25, 0.3) is 0 Å². The Morgan fingerprint density at radius 3 is 1.67 bits per heavy atom. The monoisotopic (exact) mass is 212 g/mol. The average molecular weight is 212 g/mol. The van der Waals surface area contributed by atoms with Crippen LogP contribution >= 0.6 is 12.9 Å². The summed E-state index contributed by atoms with van der Waals surface area (Å²) in [6.45, 7) is 1.96. The van der Waals surface area contributed by atoms with E-state index in [4.69, 9.17) is 17.5 Å². The van der Waals surface area contributed by atoms with Crippen molar-refractivity contribution in [3.63, 3.8) is 0 Å². The van der Waals surface area contributed by atoms with Gasteiger partial charge in [0.1, 0.15) is 5.73 Å². The molecule has 12 heavy (non-hydrogen) atoms. The molecule has 0 saturated carbocycles. The Bertz CT molecular complexity index is 108. The quantitative estimate of drug-likeness (QED) is 0.405. The second-order valence-corrected chi connectivity index (χ2v) is 5.50. The summed E-state index contributed by atoms with van der Waals surface area (Å²) >= 11 is 3.75. The van der Waals surface area contributed by atoms with Gasteiger partial charge in [-0.1, -0.05) is 6.92 Å². The van der Waals surface area contributed by atoms with Crippen LogP contribution in [0.4, 0.5) is 0 Å². The van der Waals surface area contributed by atoms with Crippen molar-refractivity contribution in [3.8, 4) is 0 Å². The van der Waals surface area contributed by atoms with Gasteiger partial charge in [-0.25, -0.2) is 0 Å². The predicted octanol–water partition coefficient (Wildman–Crippen LogP) is 1.04. The van der Waals surface area contributed by atoms with Crippen molar-refractivity contribution in [1.82, 2.24) is 0 Å². The predicted molar refractivity (Wildman–Crippen MR) is 50.9 cm³/mol. The summed E-state index contributed by atoms with van der Waals surface area (Å²) in [7, 11) is 2.01. The fraction of sp³-hybridized carbons (Fsp3) is 1.00. The van der Waals surface area contributed by atoms with Gasteiger partial charge >= 0.3 is 8.80 Å². The molecule has 0 bridgehead atoms. The summed E-state index contributed by atoms with van der Waals surface area (Å²) < 4.78 is 20.5. The molecule has 0 aromatic heterocycles. The van der Waals surface area contributed by atoms with Gasteiger partial charge in [-0.2, -0.15) is 0 Å². The summed E-state index contributed by atoms with van der Waals surface area (Å²) in [5, 5.41) is 0. The molecule has 0 N–H and O–H groups in total. The first-order chi connectivity index (χ1) is 5.70. The topological polar surface area (TPSA) is 36.9 Å². The lowest BCUT2D eigenvalue weighted by molar-refractivity contribution is 0.0748. The second-order valence-electron chi connectivity index (χ2n) is 2.22. The first-order valence-corrected chi connectivity index (χ1v) is 5.83. The zero-order chi connectivity index (χ0) is 9.61. The highest BCUT2D eigenvalue weighted by Crippen LogP contribution is 2.18. The summed E-state index contributed by atoms with van der Waals surface area (Å²) in [6, 6.07) is 0. The molecule has 0 aliphatic rings. The van der Waals surface area contributed by atoms with Crippen LogP contribution in [0.15, 0.2) is 0 Å². The highest BCUT2D eigenvalue weighted by atomic mass is 32.1. The van der Waals surface area contributed by atoms with Gasteiger partial charge in [0.2, 0.25) is 0 Å². The van der Waals surface area contributed by atoms with Crippen molar-refractivity contribution in [3.05, 3.63) is 0 Å². The molecule has 0 radical (unpaired) electrons. The van der Waals surface area contributed by atoms with Crippen LogP contribution in [0, 0.1) is 0 Å². The fourth-order valence-corrected chi connectivity index (χ4v) is 3.49. The Hall–Kier alpha value is 0.407. The van der Waals surface area contributed by atoms with E-state index in [1.807, 2.05) is 6.92 Å². The third-order valence-corrected chi connectivity index (χ3v) is 5.22. The smallest absolute Gasteiger partial charge is 0.375 e. The minimum atomic E-state index is -2.65. The zero-order valence-electron chi connectivity index (χ0n) is 7.86. The maximum Gasteiger partial charge on any atom is 0.531 e. The van der Waals surface area contributed by atoms with Gasteiger partial charge in [-0.05, 0) is 19.3 Å². The molecule has 0 aromatic rings. The maximum atomic E-state index is 5.20. The van der Waals surface area contributed by atoms with Crippen molar-refractivity contribution in [2.24, 2.45) is 0 Å². The molecule has 4 nitrogen and oxygen atoms in total. The Kier molecular flexibility index (Phi) is 6.15. The first kappa shape index (κ1) is 12.4. The number of hydrogen-bond donors (Lipinski definition) is 1. The van der Waals surface area contributed by atoms with Crippen molar-refractivity contribution in [2.75, 3.05) is 21.3 Å². The molecule has 0 rings (SSSR count). The van der Waals surface area contributed by atoms with E-state index in [-0.39, 0.29) is 5.73 Å². The highest BCUT2D eigenvalue weighted by Gasteiger charge is 2.47. The largest absolute Gasteiger partial charge is 0.531 e. The van der Waals surface area contributed by atoms with E-state index in [1.165, 1.54) is 0 Å². The molecule has 0 heterocycles. The van der Waals surface area contributed by atoms with E-state index < -0.39 is 8.80 Å². The van der Waals surface area contributed by atoms with Crippen LogP contribution in [-0.2, 0) is 17.5 Å². The Morgan fingerprint density at radius 1 is 1.17 bits per heavy atom. The molecule has 1 unspecified atom stereocenters. The Labute approximate surface area is 80.1 Å². The van der Waals surface area contributed by atoms with E-state index in [9.17, 15) is 0 Å². The fourth-order valence-electron chi connectivity index (χ4n) is 1.03. The molecule has 0 spiro atoms. The Balaban J connectivity index is 4.42. The third kappa shape index (κ3) is 2.45. The molecule has 0 aliphatic heterocycles. The van der Waals surface area contributed by atoms with Gasteiger partial charge in [0.15, 0.2) is 0 Å². The van der Waals surface area contributed by atoms with E-state index in [1.54, 1.807) is 21.3 Å². The van der Waals surface area contributed by atoms with E-state index >= 15 is 0 Å². The molecule has 0 aromatic carbocycles. The van der Waals surface area contributed by atoms with Crippen LogP contribution in [0.2, 0.25) is 0 Å². The summed E-state index contributed by atoms with van der Waals surface area (Å²) in [6.07, 6.45) is 0.741. The third-order valence-electron chi connectivity index (χ3n) is 1.75. The molecule has 0 amide bonds. The molecule has 0 saturated heterocycles. The van der Waals surface area contributed by atoms with Crippen LogP contribution in [0.5, 0.6) is 0 Å². The SMILES string of the molecule is CCC(OS)[Si](OC)(OC)OC. The lowest BCUT2D eigenvalue weighted by Gasteiger charge is -2.29. The van der Waals surface area contributed by atoms with Gasteiger partial charge in [-0.3, -0.25) is 0 Å². The van der Waals surface area contributed by atoms with Gasteiger partial charge in [-0.15, -0.1) is 0 Å². The zero-order valence-corrected chi connectivity index (χ0v) is 9.76. The van der Waals surface area contributed by atoms with Crippen LogP contribution in [-0.4, -0.2) is 35.9 Å². The normalized spacial score (nSPS) is 14.8.